The van der Waals surface area contributed by atoms with Crippen LogP contribution in [0.4, 0.5) is 0 Å². The number of rotatable bonds is 1. The molecule has 0 N–H and O–H groups in total. The van der Waals surface area contributed by atoms with Crippen LogP contribution in [0.2, 0.25) is 0 Å². The van der Waals surface area contributed by atoms with Gasteiger partial charge in [0.1, 0.15) is 0 Å². The van der Waals surface area contributed by atoms with Gasteiger partial charge in [-0.1, -0.05) is 19.6 Å². The zero-order valence-corrected chi connectivity index (χ0v) is 6.85. The summed E-state index contributed by atoms with van der Waals surface area (Å²) in [6.07, 6.45) is 5.73. The lowest BCUT2D eigenvalue weighted by Gasteiger charge is -2.13. The molecule has 0 aromatic carbocycles. The van der Waals surface area contributed by atoms with Crippen LogP contribution in [-0.4, -0.2) is 11.9 Å². The molecule has 0 aromatic heterocycles. The van der Waals surface area contributed by atoms with Gasteiger partial charge in [0.15, 0.2) is 0 Å². The number of nitrogens with zero attached hydrogens (tertiary/aromatic N) is 1. The number of hydrogen-bond donors (Lipinski definition) is 0. The maximum absolute atomic E-state index is 3.95. The van der Waals surface area contributed by atoms with E-state index in [9.17, 15) is 0 Å². The first-order chi connectivity index (χ1) is 4.75. The van der Waals surface area contributed by atoms with E-state index in [4.69, 9.17) is 0 Å². The van der Waals surface area contributed by atoms with Gasteiger partial charge in [-0.2, -0.15) is 0 Å². The SMILES string of the molecule is C=C1CC/C(=C/CC)N1C. The first-order valence-corrected chi connectivity index (χ1v) is 3.86. The van der Waals surface area contributed by atoms with E-state index in [1.54, 1.807) is 0 Å². The van der Waals surface area contributed by atoms with Gasteiger partial charge < -0.3 is 4.90 Å². The Morgan fingerprint density at radius 3 is 2.70 bits per heavy atom. The fourth-order valence-electron chi connectivity index (χ4n) is 1.29. The van der Waals surface area contributed by atoms with E-state index in [1.165, 1.54) is 17.8 Å². The van der Waals surface area contributed by atoms with Gasteiger partial charge in [-0.3, -0.25) is 0 Å². The van der Waals surface area contributed by atoms with Gasteiger partial charge in [0, 0.05) is 18.4 Å². The molecule has 0 atom stereocenters. The lowest BCUT2D eigenvalue weighted by molar-refractivity contribution is 0.558. The first kappa shape index (κ1) is 7.39. The first-order valence-electron chi connectivity index (χ1n) is 3.86. The topological polar surface area (TPSA) is 3.24 Å². The fraction of sp³-hybridized carbons (Fsp3) is 0.556. The molecule has 0 spiro atoms. The van der Waals surface area contributed by atoms with Crippen molar-refractivity contribution in [1.29, 1.82) is 0 Å². The quantitative estimate of drug-likeness (QED) is 0.536. The minimum absolute atomic E-state index is 1.13. The van der Waals surface area contributed by atoms with E-state index >= 15 is 0 Å². The van der Waals surface area contributed by atoms with E-state index in [0.717, 1.165) is 12.8 Å². The number of allylic oxidation sites excluding steroid dienone is 3. The molecule has 1 aliphatic rings. The Labute approximate surface area is 63.0 Å². The summed E-state index contributed by atoms with van der Waals surface area (Å²) >= 11 is 0. The zero-order chi connectivity index (χ0) is 7.56. The molecule has 0 aromatic rings. The second-order valence-electron chi connectivity index (χ2n) is 2.73. The highest BCUT2D eigenvalue weighted by atomic mass is 15.1. The van der Waals surface area contributed by atoms with Crippen LogP contribution in [0.15, 0.2) is 24.0 Å². The van der Waals surface area contributed by atoms with E-state index < -0.39 is 0 Å². The van der Waals surface area contributed by atoms with Crippen molar-refractivity contribution in [3.8, 4) is 0 Å². The number of hydrogen-bond acceptors (Lipinski definition) is 1. The molecule has 0 amide bonds. The highest BCUT2D eigenvalue weighted by Gasteiger charge is 2.14. The Balaban J connectivity index is 2.65. The van der Waals surface area contributed by atoms with Crippen LogP contribution in [0.5, 0.6) is 0 Å². The van der Waals surface area contributed by atoms with Gasteiger partial charge >= 0.3 is 0 Å². The van der Waals surface area contributed by atoms with Crippen LogP contribution in [0.3, 0.4) is 0 Å². The van der Waals surface area contributed by atoms with Gasteiger partial charge in [0.05, 0.1) is 0 Å². The highest BCUT2D eigenvalue weighted by Crippen LogP contribution is 2.26. The van der Waals surface area contributed by atoms with Crippen LogP contribution in [0, 0.1) is 0 Å². The molecule has 0 saturated carbocycles. The van der Waals surface area contributed by atoms with Crippen LogP contribution >= 0.6 is 0 Å². The Kier molecular flexibility index (Phi) is 2.15. The van der Waals surface area contributed by atoms with E-state index in [1.807, 2.05) is 0 Å². The molecule has 0 aliphatic carbocycles. The lowest BCUT2D eigenvalue weighted by Crippen LogP contribution is -2.07. The summed E-state index contributed by atoms with van der Waals surface area (Å²) in [5, 5.41) is 0. The highest BCUT2D eigenvalue weighted by molar-refractivity contribution is 5.17. The Morgan fingerprint density at radius 2 is 2.30 bits per heavy atom. The minimum atomic E-state index is 1.13. The van der Waals surface area contributed by atoms with Crippen LogP contribution in [0.25, 0.3) is 0 Å². The van der Waals surface area contributed by atoms with Crippen LogP contribution in [0.1, 0.15) is 26.2 Å². The lowest BCUT2D eigenvalue weighted by atomic mass is 10.2. The van der Waals surface area contributed by atoms with Gasteiger partial charge in [0.25, 0.3) is 0 Å². The predicted octanol–water partition coefficient (Wildman–Crippen LogP) is 2.52. The summed E-state index contributed by atoms with van der Waals surface area (Å²) in [5.41, 5.74) is 2.69. The molecule has 10 heavy (non-hydrogen) atoms. The molecule has 1 nitrogen and oxygen atoms in total. The van der Waals surface area contributed by atoms with Gasteiger partial charge in [-0.15, -0.1) is 0 Å². The van der Waals surface area contributed by atoms with Crippen molar-refractivity contribution in [3.63, 3.8) is 0 Å². The smallest absolute Gasteiger partial charge is 0.0137 e. The molecule has 56 valence electrons. The maximum atomic E-state index is 3.95. The molecule has 0 unspecified atom stereocenters. The summed E-state index contributed by atoms with van der Waals surface area (Å²) in [6, 6.07) is 0. The Hall–Kier alpha value is -0.720. The maximum Gasteiger partial charge on any atom is 0.0137 e. The Bertz CT molecular complexity index is 168. The van der Waals surface area contributed by atoms with Gasteiger partial charge in [0.2, 0.25) is 0 Å². The standard InChI is InChI=1S/C9H15N/c1-4-5-9-7-6-8(2)10(9)3/h5H,2,4,6-7H2,1,3H3/b9-5-. The summed E-state index contributed by atoms with van der Waals surface area (Å²) in [5.74, 6) is 0. The molecule has 1 heteroatoms. The summed E-state index contributed by atoms with van der Waals surface area (Å²) in [4.78, 5) is 2.20. The number of likely N-dealkylation sites (tertiary alicyclic amines) is 1. The second-order valence-corrected chi connectivity index (χ2v) is 2.73. The molecule has 1 saturated heterocycles. The average molecular weight is 137 g/mol. The minimum Gasteiger partial charge on any atom is -0.353 e. The van der Waals surface area contributed by atoms with Gasteiger partial charge in [-0.05, 0) is 19.3 Å². The largest absolute Gasteiger partial charge is 0.353 e. The molecular formula is C9H15N. The summed E-state index contributed by atoms with van der Waals surface area (Å²) < 4.78 is 0. The molecule has 1 rings (SSSR count). The van der Waals surface area contributed by atoms with Crippen molar-refractivity contribution in [2.75, 3.05) is 7.05 Å². The molecule has 1 aliphatic heterocycles. The predicted molar refractivity (Wildman–Crippen MR) is 44.5 cm³/mol. The zero-order valence-electron chi connectivity index (χ0n) is 6.85. The molecular weight excluding hydrogens is 122 g/mol. The van der Waals surface area contributed by atoms with Crippen molar-refractivity contribution in [2.24, 2.45) is 0 Å². The average Bonchev–Trinajstić information content (AvgIpc) is 2.20. The summed E-state index contributed by atoms with van der Waals surface area (Å²) in [6.45, 7) is 6.12. The third kappa shape index (κ3) is 1.23. The second kappa shape index (κ2) is 2.91. The van der Waals surface area contributed by atoms with Crippen LogP contribution < -0.4 is 0 Å². The monoisotopic (exact) mass is 137 g/mol. The van der Waals surface area contributed by atoms with Gasteiger partial charge in [-0.25, -0.2) is 0 Å². The molecule has 0 radical (unpaired) electrons. The van der Waals surface area contributed by atoms with Crippen molar-refractivity contribution in [1.82, 2.24) is 4.90 Å². The van der Waals surface area contributed by atoms with Crippen molar-refractivity contribution in [3.05, 3.63) is 24.0 Å². The third-order valence-electron chi connectivity index (χ3n) is 2.01. The Morgan fingerprint density at radius 1 is 1.60 bits per heavy atom. The fourth-order valence-corrected chi connectivity index (χ4v) is 1.29. The normalized spacial score (nSPS) is 22.8. The van der Waals surface area contributed by atoms with Crippen molar-refractivity contribution < 1.29 is 0 Å². The molecule has 0 bridgehead atoms. The van der Waals surface area contributed by atoms with Crippen LogP contribution in [-0.2, 0) is 0 Å². The van der Waals surface area contributed by atoms with E-state index in [-0.39, 0.29) is 0 Å². The molecule has 1 fully saturated rings. The van der Waals surface area contributed by atoms with Crippen molar-refractivity contribution in [2.45, 2.75) is 26.2 Å². The summed E-state index contributed by atoms with van der Waals surface area (Å²) in [7, 11) is 2.09. The third-order valence-corrected chi connectivity index (χ3v) is 2.01. The van der Waals surface area contributed by atoms with E-state index in [2.05, 4.69) is 31.5 Å². The van der Waals surface area contributed by atoms with Crippen molar-refractivity contribution >= 4 is 0 Å². The van der Waals surface area contributed by atoms with E-state index in [0.29, 0.717) is 0 Å². The molecule has 1 heterocycles.